The van der Waals surface area contributed by atoms with Crippen LogP contribution >= 0.6 is 0 Å². The number of hydrogen-bond donors (Lipinski definition) is 1. The Kier molecular flexibility index (Phi) is 8.81. The van der Waals surface area contributed by atoms with Gasteiger partial charge in [-0.25, -0.2) is 0 Å². The van der Waals surface area contributed by atoms with Crippen LogP contribution in [-0.2, 0) is 17.6 Å². The smallest absolute Gasteiger partial charge is 0.306 e. The number of hydrogen-bond acceptors (Lipinski definition) is 3. The molecule has 0 saturated heterocycles. The number of Topliss-reactive ketones (excluding diaryl/α,β-unsaturated/α-hetero) is 1. The summed E-state index contributed by atoms with van der Waals surface area (Å²) in [6.07, 6.45) is 11.1. The molecule has 1 atom stereocenters. The van der Waals surface area contributed by atoms with Crippen LogP contribution in [0, 0.1) is 5.92 Å². The molecule has 1 N–H and O–H groups in total. The molecule has 37 heavy (non-hydrogen) atoms. The van der Waals surface area contributed by atoms with Gasteiger partial charge in [0.05, 0.1) is 5.92 Å². The van der Waals surface area contributed by atoms with Gasteiger partial charge in [0.2, 0.25) is 0 Å². The molecule has 4 heteroatoms. The third-order valence-corrected chi connectivity index (χ3v) is 7.66. The molecule has 0 fully saturated rings. The van der Waals surface area contributed by atoms with E-state index >= 15 is 0 Å². The number of unbranched alkanes of at least 4 members (excludes halogenated alkanes) is 5. The number of carbonyl (C=O) groups is 2. The van der Waals surface area contributed by atoms with Gasteiger partial charge in [-0.15, -0.1) is 6.58 Å². The van der Waals surface area contributed by atoms with Crippen LogP contribution in [0.2, 0.25) is 0 Å². The van der Waals surface area contributed by atoms with E-state index in [0.29, 0.717) is 19.3 Å². The molecule has 4 nitrogen and oxygen atoms in total. The van der Waals surface area contributed by atoms with Crippen LogP contribution in [0.25, 0.3) is 21.9 Å². The molecular weight excluding hydrogens is 458 g/mol. The lowest BCUT2D eigenvalue weighted by atomic mass is 9.88. The molecule has 3 aromatic rings. The molecule has 0 radical (unpaired) electrons. The lowest BCUT2D eigenvalue weighted by molar-refractivity contribution is -0.142. The Morgan fingerprint density at radius 3 is 2.41 bits per heavy atom. The van der Waals surface area contributed by atoms with Gasteiger partial charge in [-0.05, 0) is 71.7 Å². The standard InChI is InChI=1S/C33H39NO3/c1-4-5-6-7-8-9-10-11-27(33(36)37)20-23-12-14-24(15-13-23)31-29-22-28(34(2)3)18-16-25(29)21-26-17-19-30(35)32(26)31/h4,12-16,18,21-22,27H,1,5-11,17,19-20H2,2-3H3,(H,36,37). The van der Waals surface area contributed by atoms with Crippen LogP contribution < -0.4 is 4.90 Å². The maximum atomic E-state index is 12.9. The monoisotopic (exact) mass is 497 g/mol. The Bertz CT molecular complexity index is 1270. The summed E-state index contributed by atoms with van der Waals surface area (Å²) >= 11 is 0. The van der Waals surface area contributed by atoms with E-state index in [2.05, 4.69) is 47.9 Å². The second kappa shape index (κ2) is 12.2. The van der Waals surface area contributed by atoms with E-state index in [1.54, 1.807) is 0 Å². The van der Waals surface area contributed by atoms with Crippen LogP contribution in [0.3, 0.4) is 0 Å². The van der Waals surface area contributed by atoms with Crippen LogP contribution in [0.5, 0.6) is 0 Å². The highest BCUT2D eigenvalue weighted by molar-refractivity contribution is 6.14. The molecule has 1 aliphatic carbocycles. The maximum absolute atomic E-state index is 12.9. The zero-order valence-electron chi connectivity index (χ0n) is 22.3. The second-order valence-corrected chi connectivity index (χ2v) is 10.6. The van der Waals surface area contributed by atoms with Gasteiger partial charge in [-0.1, -0.05) is 68.2 Å². The number of allylic oxidation sites excluding steroid dienone is 1. The number of carboxylic acid groups (broad SMARTS) is 1. The summed E-state index contributed by atoms with van der Waals surface area (Å²) in [7, 11) is 4.05. The van der Waals surface area contributed by atoms with Crippen molar-refractivity contribution >= 4 is 28.2 Å². The zero-order chi connectivity index (χ0) is 26.4. The number of fused-ring (bicyclic) bond motifs is 2. The van der Waals surface area contributed by atoms with Crippen molar-refractivity contribution in [1.82, 2.24) is 0 Å². The third kappa shape index (κ3) is 6.30. The first-order valence-electron chi connectivity index (χ1n) is 13.6. The average Bonchev–Trinajstić information content (AvgIpc) is 3.26. The summed E-state index contributed by atoms with van der Waals surface area (Å²) in [4.78, 5) is 26.9. The largest absolute Gasteiger partial charge is 0.481 e. The number of nitrogens with zero attached hydrogens (tertiary/aromatic N) is 1. The Morgan fingerprint density at radius 1 is 0.973 bits per heavy atom. The fourth-order valence-corrected chi connectivity index (χ4v) is 5.52. The molecule has 0 heterocycles. The SMILES string of the molecule is C=CCCCCCCCC(Cc1ccc(-c2c3c(cc4ccc(N(C)C)cc24)CCC3=O)cc1)C(=O)O. The molecule has 1 unspecified atom stereocenters. The molecule has 3 aromatic carbocycles. The van der Waals surface area contributed by atoms with Crippen LogP contribution in [-0.4, -0.2) is 31.0 Å². The summed E-state index contributed by atoms with van der Waals surface area (Å²) < 4.78 is 0. The quantitative estimate of drug-likeness (QED) is 0.193. The van der Waals surface area contributed by atoms with Gasteiger partial charge in [-0.2, -0.15) is 0 Å². The molecule has 0 aromatic heterocycles. The molecule has 0 aliphatic heterocycles. The van der Waals surface area contributed by atoms with E-state index in [1.807, 2.05) is 32.3 Å². The van der Waals surface area contributed by atoms with Gasteiger partial charge in [0.25, 0.3) is 0 Å². The topological polar surface area (TPSA) is 57.6 Å². The number of carboxylic acids is 1. The van der Waals surface area contributed by atoms with Crippen molar-refractivity contribution in [2.24, 2.45) is 5.92 Å². The zero-order valence-corrected chi connectivity index (χ0v) is 22.3. The van der Waals surface area contributed by atoms with Crippen molar-refractivity contribution in [2.75, 3.05) is 19.0 Å². The summed E-state index contributed by atoms with van der Waals surface area (Å²) in [5, 5.41) is 12.0. The van der Waals surface area contributed by atoms with Crippen molar-refractivity contribution in [3.8, 4) is 11.1 Å². The van der Waals surface area contributed by atoms with E-state index in [0.717, 1.165) is 76.4 Å². The molecule has 194 valence electrons. The van der Waals surface area contributed by atoms with E-state index in [1.165, 1.54) is 12.8 Å². The molecule has 0 bridgehead atoms. The highest BCUT2D eigenvalue weighted by Crippen LogP contribution is 2.40. The molecular formula is C33H39NO3. The van der Waals surface area contributed by atoms with E-state index in [-0.39, 0.29) is 11.7 Å². The van der Waals surface area contributed by atoms with Gasteiger partial charge in [0.15, 0.2) is 5.78 Å². The summed E-state index contributed by atoms with van der Waals surface area (Å²) in [5.74, 6) is -0.879. The average molecular weight is 498 g/mol. The van der Waals surface area contributed by atoms with E-state index in [9.17, 15) is 14.7 Å². The van der Waals surface area contributed by atoms with Crippen molar-refractivity contribution in [2.45, 2.75) is 64.2 Å². The Hall–Kier alpha value is -3.40. The van der Waals surface area contributed by atoms with Crippen LogP contribution in [0.15, 0.2) is 61.2 Å². The van der Waals surface area contributed by atoms with Crippen molar-refractivity contribution in [3.63, 3.8) is 0 Å². The minimum absolute atomic E-state index is 0.210. The van der Waals surface area contributed by atoms with Crippen molar-refractivity contribution < 1.29 is 14.7 Å². The second-order valence-electron chi connectivity index (χ2n) is 10.6. The van der Waals surface area contributed by atoms with Crippen molar-refractivity contribution in [1.29, 1.82) is 0 Å². The number of rotatable bonds is 13. The molecule has 0 saturated carbocycles. The van der Waals surface area contributed by atoms with Gasteiger partial charge in [-0.3, -0.25) is 9.59 Å². The van der Waals surface area contributed by atoms with E-state index in [4.69, 9.17) is 0 Å². The number of anilines is 1. The predicted octanol–water partition coefficient (Wildman–Crippen LogP) is 7.86. The van der Waals surface area contributed by atoms with Crippen molar-refractivity contribution in [3.05, 3.63) is 77.9 Å². The fourth-order valence-electron chi connectivity index (χ4n) is 5.52. The Morgan fingerprint density at radius 2 is 1.70 bits per heavy atom. The first kappa shape index (κ1) is 26.7. The summed E-state index contributed by atoms with van der Waals surface area (Å²) in [6.45, 7) is 3.76. The number of carbonyl (C=O) groups excluding carboxylic acids is 1. The van der Waals surface area contributed by atoms with Crippen LogP contribution in [0.4, 0.5) is 5.69 Å². The Labute approximate surface area is 221 Å². The lowest BCUT2D eigenvalue weighted by Crippen LogP contribution is -2.16. The molecule has 4 rings (SSSR count). The van der Waals surface area contributed by atoms with E-state index < -0.39 is 5.97 Å². The Balaban J connectivity index is 1.54. The molecule has 0 amide bonds. The number of ketones is 1. The number of benzene rings is 3. The minimum Gasteiger partial charge on any atom is -0.481 e. The predicted molar refractivity (Wildman–Crippen MR) is 154 cm³/mol. The highest BCUT2D eigenvalue weighted by atomic mass is 16.4. The molecule has 0 spiro atoms. The summed E-state index contributed by atoms with van der Waals surface area (Å²) in [5.41, 5.74) is 6.14. The van der Waals surface area contributed by atoms with Gasteiger partial charge >= 0.3 is 5.97 Å². The highest BCUT2D eigenvalue weighted by Gasteiger charge is 2.26. The van der Waals surface area contributed by atoms with Crippen LogP contribution in [0.1, 0.15) is 72.9 Å². The van der Waals surface area contributed by atoms with Gasteiger partial charge in [0.1, 0.15) is 0 Å². The lowest BCUT2D eigenvalue weighted by Gasteiger charge is -2.18. The first-order valence-corrected chi connectivity index (χ1v) is 13.6. The third-order valence-electron chi connectivity index (χ3n) is 7.66. The first-order chi connectivity index (χ1) is 17.9. The fraction of sp³-hybridized carbons (Fsp3) is 0.394. The normalized spacial score (nSPS) is 13.5. The maximum Gasteiger partial charge on any atom is 0.306 e. The molecule has 1 aliphatic rings. The van der Waals surface area contributed by atoms with Gasteiger partial charge < -0.3 is 10.0 Å². The van der Waals surface area contributed by atoms with Gasteiger partial charge in [0, 0.05) is 37.3 Å². The number of aryl methyl sites for hydroxylation is 1. The minimum atomic E-state index is -0.718. The summed E-state index contributed by atoms with van der Waals surface area (Å²) in [6, 6.07) is 16.8. The number of aliphatic carboxylic acids is 1.